The molecule has 0 saturated carbocycles. The molecule has 1 aromatic rings. The fraction of sp³-hybridized carbons (Fsp3) is 0.200. The summed E-state index contributed by atoms with van der Waals surface area (Å²) in [6.07, 6.45) is 0. The quantitative estimate of drug-likeness (QED) is 0.521. The van der Waals surface area contributed by atoms with Crippen molar-refractivity contribution in [1.82, 2.24) is 0 Å². The fourth-order valence-electron chi connectivity index (χ4n) is 0.557. The molecule has 1 rings (SSSR count). The topological polar surface area (TPSA) is 13.1 Å². The van der Waals surface area contributed by atoms with Crippen molar-refractivity contribution in [1.29, 1.82) is 0 Å². The van der Waals surface area contributed by atoms with Crippen LogP contribution in [0.1, 0.15) is 5.76 Å². The molecule has 0 saturated heterocycles. The van der Waals surface area contributed by atoms with E-state index in [0.717, 1.165) is 5.76 Å². The Balaban J connectivity index is 3.04. The zero-order valence-electron chi connectivity index (χ0n) is 4.56. The van der Waals surface area contributed by atoms with E-state index in [2.05, 4.69) is 0 Å². The second kappa shape index (κ2) is 1.90. The van der Waals surface area contributed by atoms with Gasteiger partial charge in [0.15, 0.2) is 0 Å². The molecule has 0 N–H and O–H groups in total. The summed E-state index contributed by atoms with van der Waals surface area (Å²) < 4.78 is 6.37. The SMILES string of the molecule is Cc1cc[c]([SnH3])o1. The monoisotopic (exact) mass is 204 g/mol. The van der Waals surface area contributed by atoms with E-state index in [0.29, 0.717) is 22.5 Å². The van der Waals surface area contributed by atoms with Crippen molar-refractivity contribution in [3.63, 3.8) is 0 Å². The average Bonchev–Trinajstić information content (AvgIpc) is 1.87. The normalized spacial score (nSPS) is 9.86. The summed E-state index contributed by atoms with van der Waals surface area (Å²) in [6, 6.07) is 4.05. The van der Waals surface area contributed by atoms with Gasteiger partial charge in [0.1, 0.15) is 0 Å². The van der Waals surface area contributed by atoms with Gasteiger partial charge in [0.05, 0.1) is 0 Å². The van der Waals surface area contributed by atoms with Crippen molar-refractivity contribution >= 4 is 26.3 Å². The van der Waals surface area contributed by atoms with Crippen LogP contribution in [0.2, 0.25) is 0 Å². The van der Waals surface area contributed by atoms with Crippen LogP contribution in [0, 0.1) is 6.92 Å². The van der Waals surface area contributed by atoms with Gasteiger partial charge in [-0.3, -0.25) is 0 Å². The van der Waals surface area contributed by atoms with Crippen molar-refractivity contribution in [3.05, 3.63) is 17.9 Å². The standard InChI is InChI=1S/C5H5O.Sn.3H/c1-5-3-2-4-6-5;;;;/h2-3H,1H3;;;;. The van der Waals surface area contributed by atoms with E-state index >= 15 is 0 Å². The molecule has 0 aliphatic carbocycles. The van der Waals surface area contributed by atoms with Crippen molar-refractivity contribution in [2.24, 2.45) is 0 Å². The zero-order chi connectivity index (χ0) is 5.28. The van der Waals surface area contributed by atoms with E-state index in [9.17, 15) is 0 Å². The summed E-state index contributed by atoms with van der Waals surface area (Å²) in [4.78, 5) is 0. The Morgan fingerprint density at radius 1 is 1.57 bits per heavy atom. The number of furan rings is 1. The van der Waals surface area contributed by atoms with Gasteiger partial charge in [0, 0.05) is 0 Å². The van der Waals surface area contributed by atoms with E-state index in [1.807, 2.05) is 19.1 Å². The van der Waals surface area contributed by atoms with Gasteiger partial charge in [-0.05, 0) is 0 Å². The Labute approximate surface area is 55.8 Å². The summed E-state index contributed by atoms with van der Waals surface area (Å²) in [5, 5.41) is 0. The van der Waals surface area contributed by atoms with Gasteiger partial charge in [0.25, 0.3) is 0 Å². The minimum absolute atomic E-state index is 0.562. The van der Waals surface area contributed by atoms with E-state index in [1.165, 1.54) is 3.78 Å². The molecule has 1 nitrogen and oxygen atoms in total. The molecule has 7 heavy (non-hydrogen) atoms. The van der Waals surface area contributed by atoms with Crippen molar-refractivity contribution < 1.29 is 4.42 Å². The summed E-state index contributed by atoms with van der Waals surface area (Å²) in [7, 11) is 0. The third-order valence-corrected chi connectivity index (χ3v) is 2.41. The summed E-state index contributed by atoms with van der Waals surface area (Å²) in [6.45, 7) is 1.97. The van der Waals surface area contributed by atoms with Crippen LogP contribution in [0.25, 0.3) is 0 Å². The summed E-state index contributed by atoms with van der Waals surface area (Å²) in [5.41, 5.74) is 0. The second-order valence-electron chi connectivity index (χ2n) is 1.66. The number of hydrogen-bond donors (Lipinski definition) is 0. The van der Waals surface area contributed by atoms with E-state index in [4.69, 9.17) is 4.42 Å². The predicted octanol–water partition coefficient (Wildman–Crippen LogP) is -0.421. The van der Waals surface area contributed by atoms with E-state index < -0.39 is 0 Å². The number of rotatable bonds is 0. The summed E-state index contributed by atoms with van der Waals surface area (Å²) >= 11 is 0.562. The number of hydrogen-bond acceptors (Lipinski definition) is 1. The van der Waals surface area contributed by atoms with Crippen LogP contribution >= 0.6 is 0 Å². The zero-order valence-corrected chi connectivity index (χ0v) is 10.3. The van der Waals surface area contributed by atoms with Crippen LogP contribution in [0.5, 0.6) is 0 Å². The Morgan fingerprint density at radius 2 is 2.29 bits per heavy atom. The molecule has 0 unspecified atom stereocenters. The molecule has 0 aliphatic rings. The average molecular weight is 203 g/mol. The molecule has 1 heterocycles. The molecule has 0 spiro atoms. The first-order valence-electron chi connectivity index (χ1n) is 2.32. The Bertz CT molecular complexity index is 140. The van der Waals surface area contributed by atoms with Gasteiger partial charge in [-0.15, -0.1) is 0 Å². The Kier molecular flexibility index (Phi) is 1.42. The van der Waals surface area contributed by atoms with Crippen LogP contribution in [-0.4, -0.2) is 22.5 Å². The second-order valence-corrected chi connectivity index (χ2v) is 4.47. The van der Waals surface area contributed by atoms with Gasteiger partial charge >= 0.3 is 55.5 Å². The molecule has 2 heteroatoms. The van der Waals surface area contributed by atoms with Gasteiger partial charge in [-0.2, -0.15) is 0 Å². The molecule has 0 radical (unpaired) electrons. The number of aryl methyl sites for hydroxylation is 1. The van der Waals surface area contributed by atoms with Crippen molar-refractivity contribution in [2.75, 3.05) is 0 Å². The van der Waals surface area contributed by atoms with Crippen LogP contribution in [0.15, 0.2) is 16.5 Å². The molecule has 38 valence electrons. The summed E-state index contributed by atoms with van der Waals surface area (Å²) in [5.74, 6) is 1.04. The molecule has 0 aromatic carbocycles. The van der Waals surface area contributed by atoms with E-state index in [1.54, 1.807) is 0 Å². The van der Waals surface area contributed by atoms with Gasteiger partial charge in [-0.25, -0.2) is 0 Å². The fourth-order valence-corrected chi connectivity index (χ4v) is 1.95. The molecule has 0 bridgehead atoms. The first-order valence-corrected chi connectivity index (χ1v) is 5.17. The first-order chi connectivity index (χ1) is 3.29. The first kappa shape index (κ1) is 5.22. The van der Waals surface area contributed by atoms with Crippen LogP contribution in [0.4, 0.5) is 0 Å². The van der Waals surface area contributed by atoms with Crippen LogP contribution in [-0.2, 0) is 0 Å². The molecule has 0 fully saturated rings. The molecule has 0 atom stereocenters. The molecule has 0 aliphatic heterocycles. The Morgan fingerprint density at radius 3 is 2.43 bits per heavy atom. The molecular formula is C5H8OSn. The third-order valence-electron chi connectivity index (χ3n) is 0.875. The van der Waals surface area contributed by atoms with Gasteiger partial charge in [-0.1, -0.05) is 0 Å². The predicted molar refractivity (Wildman–Crippen MR) is 33.0 cm³/mol. The molecular weight excluding hydrogens is 195 g/mol. The van der Waals surface area contributed by atoms with Crippen LogP contribution in [0.3, 0.4) is 0 Å². The Hall–Kier alpha value is 0.0787. The molecule has 0 amide bonds. The van der Waals surface area contributed by atoms with Gasteiger partial charge in [0.2, 0.25) is 0 Å². The van der Waals surface area contributed by atoms with Crippen LogP contribution < -0.4 is 3.78 Å². The minimum atomic E-state index is 0.562. The van der Waals surface area contributed by atoms with Crippen molar-refractivity contribution in [2.45, 2.75) is 6.92 Å². The van der Waals surface area contributed by atoms with Gasteiger partial charge < -0.3 is 0 Å². The maximum atomic E-state index is 5.18. The maximum absolute atomic E-state index is 5.18. The third kappa shape index (κ3) is 1.23. The molecule has 1 aromatic heterocycles. The van der Waals surface area contributed by atoms with E-state index in [-0.39, 0.29) is 0 Å². The van der Waals surface area contributed by atoms with Crippen molar-refractivity contribution in [3.8, 4) is 0 Å².